The third kappa shape index (κ3) is 5.52. The highest BCUT2D eigenvalue weighted by Crippen LogP contribution is 2.44. The van der Waals surface area contributed by atoms with Crippen LogP contribution in [0.4, 0.5) is 10.1 Å². The molecule has 1 aliphatic heterocycles. The second-order valence-corrected chi connectivity index (χ2v) is 8.69. The van der Waals surface area contributed by atoms with E-state index in [0.29, 0.717) is 18.9 Å². The third-order valence-electron chi connectivity index (χ3n) is 5.62. The van der Waals surface area contributed by atoms with Crippen LogP contribution in [0.2, 0.25) is 0 Å². The molecule has 0 aromatic heterocycles. The summed E-state index contributed by atoms with van der Waals surface area (Å²) in [6.45, 7) is 6.08. The van der Waals surface area contributed by atoms with Crippen LogP contribution in [0.25, 0.3) is 0 Å². The lowest BCUT2D eigenvalue weighted by Gasteiger charge is -2.43. The Morgan fingerprint density at radius 2 is 1.76 bits per heavy atom. The first-order valence-corrected chi connectivity index (χ1v) is 11.0. The molecule has 0 aliphatic carbocycles. The van der Waals surface area contributed by atoms with E-state index in [4.69, 9.17) is 14.2 Å². The summed E-state index contributed by atoms with van der Waals surface area (Å²) in [5.74, 6) is 0.0371. The fraction of sp³-hybridized carbons (Fsp3) is 0.296. The average molecular weight is 450 g/mol. The van der Waals surface area contributed by atoms with Crippen LogP contribution in [-0.4, -0.2) is 17.7 Å². The molecule has 33 heavy (non-hydrogen) atoms. The number of benzene rings is 3. The Kier molecular flexibility index (Phi) is 6.65. The zero-order chi connectivity index (χ0) is 23.4. The van der Waals surface area contributed by atoms with Gasteiger partial charge in [0.1, 0.15) is 23.3 Å². The molecule has 0 saturated heterocycles. The Balaban J connectivity index is 1.61. The van der Waals surface area contributed by atoms with Crippen molar-refractivity contribution in [2.45, 2.75) is 51.7 Å². The number of esters is 1. The van der Waals surface area contributed by atoms with Crippen molar-refractivity contribution < 1.29 is 23.4 Å². The van der Waals surface area contributed by atoms with Crippen LogP contribution < -0.4 is 10.1 Å². The van der Waals surface area contributed by atoms with Gasteiger partial charge in [-0.1, -0.05) is 42.5 Å². The van der Waals surface area contributed by atoms with Gasteiger partial charge in [-0.15, -0.1) is 0 Å². The predicted molar refractivity (Wildman–Crippen MR) is 124 cm³/mol. The van der Waals surface area contributed by atoms with Gasteiger partial charge in [-0.3, -0.25) is 4.79 Å². The van der Waals surface area contributed by atoms with Crippen LogP contribution in [0, 0.1) is 5.82 Å². The minimum Gasteiger partial charge on any atom is -0.483 e. The Morgan fingerprint density at radius 1 is 1.03 bits per heavy atom. The average Bonchev–Trinajstić information content (AvgIpc) is 2.79. The predicted octanol–water partition coefficient (Wildman–Crippen LogP) is 5.80. The van der Waals surface area contributed by atoms with Crippen molar-refractivity contribution in [2.75, 3.05) is 5.32 Å². The van der Waals surface area contributed by atoms with Gasteiger partial charge >= 0.3 is 5.97 Å². The lowest BCUT2D eigenvalue weighted by Crippen LogP contribution is -2.51. The summed E-state index contributed by atoms with van der Waals surface area (Å²) < 4.78 is 31.5. The first-order chi connectivity index (χ1) is 15.8. The van der Waals surface area contributed by atoms with Crippen LogP contribution in [0.3, 0.4) is 0 Å². The molecule has 0 fully saturated rings. The minimum absolute atomic E-state index is 0.262. The number of halogens is 1. The van der Waals surface area contributed by atoms with Crippen LogP contribution in [0.15, 0.2) is 72.8 Å². The number of hydrogen-bond donors (Lipinski definition) is 1. The molecule has 5 nitrogen and oxygen atoms in total. The maximum atomic E-state index is 13.2. The van der Waals surface area contributed by atoms with Crippen LogP contribution in [0.1, 0.15) is 43.6 Å². The summed E-state index contributed by atoms with van der Waals surface area (Å²) in [6, 6.07) is 22.0. The SMILES string of the molecule is CC(=O)OC1C(OCc2ccccc2)c2cc(NCc3ccc(F)cc3)ccc2OC1(C)C. The summed E-state index contributed by atoms with van der Waals surface area (Å²) in [5.41, 5.74) is 2.87. The van der Waals surface area contributed by atoms with Crippen molar-refractivity contribution in [3.8, 4) is 5.75 Å². The van der Waals surface area contributed by atoms with E-state index in [-0.39, 0.29) is 11.8 Å². The van der Waals surface area contributed by atoms with Gasteiger partial charge in [-0.2, -0.15) is 0 Å². The summed E-state index contributed by atoms with van der Waals surface area (Å²) in [5, 5.41) is 3.36. The smallest absolute Gasteiger partial charge is 0.303 e. The summed E-state index contributed by atoms with van der Waals surface area (Å²) in [7, 11) is 0. The number of hydrogen-bond acceptors (Lipinski definition) is 5. The highest BCUT2D eigenvalue weighted by atomic mass is 19.1. The van der Waals surface area contributed by atoms with Gasteiger partial charge < -0.3 is 19.5 Å². The van der Waals surface area contributed by atoms with E-state index in [1.165, 1.54) is 19.1 Å². The first kappa shape index (κ1) is 22.8. The van der Waals surface area contributed by atoms with E-state index in [2.05, 4.69) is 5.32 Å². The molecule has 172 valence electrons. The number of anilines is 1. The number of ether oxygens (including phenoxy) is 3. The molecule has 3 aromatic rings. The Morgan fingerprint density at radius 3 is 2.45 bits per heavy atom. The van der Waals surface area contributed by atoms with Crippen molar-refractivity contribution in [1.29, 1.82) is 0 Å². The number of rotatable bonds is 7. The van der Waals surface area contributed by atoms with Crippen LogP contribution in [-0.2, 0) is 27.4 Å². The first-order valence-electron chi connectivity index (χ1n) is 11.0. The van der Waals surface area contributed by atoms with Gasteiger partial charge in [0.15, 0.2) is 6.10 Å². The Bertz CT molecular complexity index is 1100. The van der Waals surface area contributed by atoms with E-state index in [9.17, 15) is 9.18 Å². The molecule has 2 unspecified atom stereocenters. The minimum atomic E-state index is -0.775. The van der Waals surface area contributed by atoms with Crippen LogP contribution in [0.5, 0.6) is 5.75 Å². The van der Waals surface area contributed by atoms with Gasteiger partial charge in [0.05, 0.1) is 6.61 Å². The molecule has 3 aromatic carbocycles. The zero-order valence-corrected chi connectivity index (χ0v) is 19.0. The Hall–Kier alpha value is -3.38. The summed E-state index contributed by atoms with van der Waals surface area (Å²) in [4.78, 5) is 11.9. The van der Waals surface area contributed by atoms with Crippen molar-refractivity contribution in [3.63, 3.8) is 0 Å². The maximum absolute atomic E-state index is 13.2. The lowest BCUT2D eigenvalue weighted by molar-refractivity contribution is -0.183. The largest absolute Gasteiger partial charge is 0.483 e. The molecule has 0 bridgehead atoms. The zero-order valence-electron chi connectivity index (χ0n) is 19.0. The molecule has 4 rings (SSSR count). The highest BCUT2D eigenvalue weighted by molar-refractivity contribution is 5.66. The molecular weight excluding hydrogens is 421 g/mol. The van der Waals surface area contributed by atoms with Gasteiger partial charge in [0.2, 0.25) is 0 Å². The van der Waals surface area contributed by atoms with E-state index < -0.39 is 17.8 Å². The van der Waals surface area contributed by atoms with Crippen molar-refractivity contribution in [3.05, 3.63) is 95.3 Å². The summed E-state index contributed by atoms with van der Waals surface area (Å²) in [6.07, 6.45) is -1.14. The summed E-state index contributed by atoms with van der Waals surface area (Å²) >= 11 is 0. The van der Waals surface area contributed by atoms with Gasteiger partial charge in [-0.05, 0) is 55.3 Å². The van der Waals surface area contributed by atoms with Crippen molar-refractivity contribution >= 4 is 11.7 Å². The monoisotopic (exact) mass is 449 g/mol. The van der Waals surface area contributed by atoms with Crippen LogP contribution >= 0.6 is 0 Å². The molecule has 2 atom stereocenters. The standard InChI is InChI=1S/C27H28FNO4/c1-18(30)32-26-25(31-17-20-7-5-4-6-8-20)23-15-22(13-14-24(23)33-27(26,2)3)29-16-19-9-11-21(28)12-10-19/h4-15,25-26,29H,16-17H2,1-3H3. The van der Waals surface area contributed by atoms with E-state index in [1.54, 1.807) is 12.1 Å². The maximum Gasteiger partial charge on any atom is 0.303 e. The molecule has 0 amide bonds. The normalized spacial score (nSPS) is 18.7. The van der Waals surface area contributed by atoms with Crippen molar-refractivity contribution in [1.82, 2.24) is 0 Å². The third-order valence-corrected chi connectivity index (χ3v) is 5.62. The number of carbonyl (C=O) groups is 1. The van der Waals surface area contributed by atoms with Gasteiger partial charge in [-0.25, -0.2) is 4.39 Å². The fourth-order valence-corrected chi connectivity index (χ4v) is 3.97. The van der Waals surface area contributed by atoms with E-state index in [1.807, 2.05) is 62.4 Å². The van der Waals surface area contributed by atoms with Gasteiger partial charge in [0, 0.05) is 24.7 Å². The fourth-order valence-electron chi connectivity index (χ4n) is 3.97. The quantitative estimate of drug-likeness (QED) is 0.462. The number of carbonyl (C=O) groups excluding carboxylic acids is 1. The van der Waals surface area contributed by atoms with E-state index >= 15 is 0 Å². The molecule has 0 spiro atoms. The second-order valence-electron chi connectivity index (χ2n) is 8.69. The molecule has 1 aliphatic rings. The molecule has 0 radical (unpaired) electrons. The second kappa shape index (κ2) is 9.63. The highest BCUT2D eigenvalue weighted by Gasteiger charge is 2.47. The number of fused-ring (bicyclic) bond motifs is 1. The molecule has 0 saturated carbocycles. The molecule has 1 N–H and O–H groups in total. The van der Waals surface area contributed by atoms with Crippen molar-refractivity contribution in [2.24, 2.45) is 0 Å². The van der Waals surface area contributed by atoms with E-state index in [0.717, 1.165) is 22.4 Å². The van der Waals surface area contributed by atoms with Gasteiger partial charge in [0.25, 0.3) is 0 Å². The Labute approximate surface area is 193 Å². The molecule has 1 heterocycles. The lowest BCUT2D eigenvalue weighted by atomic mass is 9.87. The topological polar surface area (TPSA) is 56.8 Å². The number of nitrogens with one attached hydrogen (secondary N) is 1. The molecule has 6 heteroatoms. The molecular formula is C27H28FNO4.